The molecular weight excluding hydrogens is 132 g/mol. The van der Waals surface area contributed by atoms with Gasteiger partial charge in [0.25, 0.3) is 0 Å². The number of carbonyl (C=O) groups is 1. The molecule has 0 bridgehead atoms. The lowest BCUT2D eigenvalue weighted by Gasteiger charge is -2.01. The van der Waals surface area contributed by atoms with Crippen molar-refractivity contribution < 1.29 is 14.6 Å². The molecule has 1 rings (SSSR count). The maximum absolute atomic E-state index is 10.3. The Balaban J connectivity index is 2.05. The largest absolute Gasteiger partial charge is 0.481 e. The van der Waals surface area contributed by atoms with Gasteiger partial charge in [0.2, 0.25) is 0 Å². The summed E-state index contributed by atoms with van der Waals surface area (Å²) in [5.74, 6) is -0.926. The fraction of sp³-hybridized carbons (Fsp3) is 0.857. The predicted octanol–water partition coefficient (Wildman–Crippen LogP) is 0.886. The number of epoxide rings is 1. The van der Waals surface area contributed by atoms with Gasteiger partial charge in [0.1, 0.15) is 0 Å². The maximum atomic E-state index is 10.3. The molecule has 1 aliphatic heterocycles. The van der Waals surface area contributed by atoms with Crippen LogP contribution in [0, 0.1) is 5.92 Å². The highest BCUT2D eigenvalue weighted by Crippen LogP contribution is 2.18. The van der Waals surface area contributed by atoms with Gasteiger partial charge in [-0.15, -0.1) is 0 Å². The summed E-state index contributed by atoms with van der Waals surface area (Å²) in [7, 11) is 0. The van der Waals surface area contributed by atoms with E-state index >= 15 is 0 Å². The van der Waals surface area contributed by atoms with E-state index in [-0.39, 0.29) is 5.92 Å². The third-order valence-corrected chi connectivity index (χ3v) is 1.75. The molecule has 0 saturated carbocycles. The molecule has 0 aliphatic carbocycles. The molecule has 1 saturated heterocycles. The average molecular weight is 144 g/mol. The third kappa shape index (κ3) is 2.35. The molecular formula is C7H12O3. The van der Waals surface area contributed by atoms with Crippen molar-refractivity contribution in [1.29, 1.82) is 0 Å². The molecule has 58 valence electrons. The molecule has 1 heterocycles. The Hall–Kier alpha value is -0.570. The highest BCUT2D eigenvalue weighted by molar-refractivity contribution is 5.69. The first-order valence-electron chi connectivity index (χ1n) is 3.54. The van der Waals surface area contributed by atoms with Gasteiger partial charge in [-0.25, -0.2) is 0 Å². The second kappa shape index (κ2) is 3.01. The van der Waals surface area contributed by atoms with Crippen LogP contribution in [-0.2, 0) is 9.53 Å². The summed E-state index contributed by atoms with van der Waals surface area (Å²) >= 11 is 0. The molecule has 3 heteroatoms. The van der Waals surface area contributed by atoms with Crippen LogP contribution in [0.25, 0.3) is 0 Å². The van der Waals surface area contributed by atoms with Gasteiger partial charge >= 0.3 is 5.97 Å². The van der Waals surface area contributed by atoms with Crippen LogP contribution in [-0.4, -0.2) is 23.8 Å². The Bertz CT molecular complexity index is 129. The second-order valence-electron chi connectivity index (χ2n) is 2.77. The highest BCUT2D eigenvalue weighted by atomic mass is 16.6. The van der Waals surface area contributed by atoms with Crippen LogP contribution in [0.1, 0.15) is 19.8 Å². The fourth-order valence-electron chi connectivity index (χ4n) is 0.794. The number of carboxylic acid groups (broad SMARTS) is 1. The monoisotopic (exact) mass is 144 g/mol. The lowest BCUT2D eigenvalue weighted by Crippen LogP contribution is -2.09. The van der Waals surface area contributed by atoms with Crippen LogP contribution in [0.15, 0.2) is 0 Å². The first-order valence-corrected chi connectivity index (χ1v) is 3.54. The zero-order chi connectivity index (χ0) is 7.56. The Morgan fingerprint density at radius 2 is 2.50 bits per heavy atom. The van der Waals surface area contributed by atoms with Crippen LogP contribution in [0.3, 0.4) is 0 Å². The normalized spacial score (nSPS) is 25.9. The van der Waals surface area contributed by atoms with Gasteiger partial charge in [-0.2, -0.15) is 0 Å². The first kappa shape index (κ1) is 7.54. The number of carboxylic acids is 1. The number of ether oxygens (including phenoxy) is 1. The molecule has 0 aromatic carbocycles. The lowest BCUT2D eigenvalue weighted by atomic mass is 10.1. The van der Waals surface area contributed by atoms with Crippen molar-refractivity contribution >= 4 is 5.97 Å². The van der Waals surface area contributed by atoms with Gasteiger partial charge in [0.05, 0.1) is 18.6 Å². The van der Waals surface area contributed by atoms with E-state index in [1.165, 1.54) is 0 Å². The van der Waals surface area contributed by atoms with Gasteiger partial charge < -0.3 is 9.84 Å². The minimum Gasteiger partial charge on any atom is -0.481 e. The van der Waals surface area contributed by atoms with Gasteiger partial charge in [-0.1, -0.05) is 6.92 Å². The molecule has 0 spiro atoms. The lowest BCUT2D eigenvalue weighted by molar-refractivity contribution is -0.141. The van der Waals surface area contributed by atoms with Crippen molar-refractivity contribution in [3.63, 3.8) is 0 Å². The number of aliphatic carboxylic acids is 1. The van der Waals surface area contributed by atoms with Crippen molar-refractivity contribution in [2.75, 3.05) is 6.61 Å². The fourth-order valence-corrected chi connectivity index (χ4v) is 0.794. The summed E-state index contributed by atoms with van der Waals surface area (Å²) in [6.45, 7) is 2.55. The van der Waals surface area contributed by atoms with E-state index in [0.29, 0.717) is 6.10 Å². The van der Waals surface area contributed by atoms with E-state index in [2.05, 4.69) is 0 Å². The van der Waals surface area contributed by atoms with Crippen LogP contribution >= 0.6 is 0 Å². The first-order chi connectivity index (χ1) is 4.70. The minimum absolute atomic E-state index is 0.218. The summed E-state index contributed by atoms with van der Waals surface area (Å²) in [5, 5.41) is 8.47. The standard InChI is InChI=1S/C7H12O3/c1-5(7(8)9)2-3-6-4-10-6/h5-6H,2-4H2,1H3,(H,8,9). The van der Waals surface area contributed by atoms with Crippen LogP contribution in [0.2, 0.25) is 0 Å². The maximum Gasteiger partial charge on any atom is 0.306 e. The van der Waals surface area contributed by atoms with Gasteiger partial charge in [0, 0.05) is 0 Å². The zero-order valence-corrected chi connectivity index (χ0v) is 6.04. The smallest absolute Gasteiger partial charge is 0.306 e. The summed E-state index contributed by atoms with van der Waals surface area (Å²) in [5.41, 5.74) is 0. The van der Waals surface area contributed by atoms with Gasteiger partial charge in [0.15, 0.2) is 0 Å². The molecule has 2 atom stereocenters. The molecule has 1 fully saturated rings. The summed E-state index contributed by atoms with van der Waals surface area (Å²) in [4.78, 5) is 10.3. The molecule has 10 heavy (non-hydrogen) atoms. The van der Waals surface area contributed by atoms with E-state index in [9.17, 15) is 4.79 Å². The predicted molar refractivity (Wildman–Crippen MR) is 35.8 cm³/mol. The number of hydrogen-bond acceptors (Lipinski definition) is 2. The second-order valence-corrected chi connectivity index (χ2v) is 2.77. The van der Waals surface area contributed by atoms with E-state index in [1.54, 1.807) is 6.92 Å². The molecule has 1 N–H and O–H groups in total. The van der Waals surface area contributed by atoms with Gasteiger partial charge in [-0.05, 0) is 12.8 Å². The van der Waals surface area contributed by atoms with E-state index in [1.807, 2.05) is 0 Å². The molecule has 0 amide bonds. The summed E-state index contributed by atoms with van der Waals surface area (Å²) < 4.78 is 4.95. The van der Waals surface area contributed by atoms with Crippen molar-refractivity contribution in [2.24, 2.45) is 5.92 Å². The Morgan fingerprint density at radius 3 is 2.90 bits per heavy atom. The summed E-state index contributed by atoms with van der Waals surface area (Å²) in [6, 6.07) is 0. The third-order valence-electron chi connectivity index (χ3n) is 1.75. The van der Waals surface area contributed by atoms with Crippen molar-refractivity contribution in [1.82, 2.24) is 0 Å². The van der Waals surface area contributed by atoms with Crippen LogP contribution < -0.4 is 0 Å². The number of rotatable bonds is 4. The van der Waals surface area contributed by atoms with E-state index in [4.69, 9.17) is 9.84 Å². The SMILES string of the molecule is CC(CCC1CO1)C(=O)O. The molecule has 0 aromatic rings. The van der Waals surface area contributed by atoms with Crippen molar-refractivity contribution in [3.05, 3.63) is 0 Å². The Labute approximate surface area is 60.0 Å². The number of hydrogen-bond donors (Lipinski definition) is 1. The topological polar surface area (TPSA) is 49.8 Å². The van der Waals surface area contributed by atoms with Gasteiger partial charge in [-0.3, -0.25) is 4.79 Å². The Kier molecular flexibility index (Phi) is 2.27. The molecule has 0 aromatic heterocycles. The van der Waals surface area contributed by atoms with E-state index < -0.39 is 5.97 Å². The van der Waals surface area contributed by atoms with E-state index in [0.717, 1.165) is 19.4 Å². The molecule has 1 aliphatic rings. The zero-order valence-electron chi connectivity index (χ0n) is 6.04. The van der Waals surface area contributed by atoms with Crippen LogP contribution in [0.5, 0.6) is 0 Å². The molecule has 3 nitrogen and oxygen atoms in total. The average Bonchev–Trinajstić information content (AvgIpc) is 2.64. The van der Waals surface area contributed by atoms with Crippen molar-refractivity contribution in [3.8, 4) is 0 Å². The van der Waals surface area contributed by atoms with Crippen LogP contribution in [0.4, 0.5) is 0 Å². The van der Waals surface area contributed by atoms with Crippen molar-refractivity contribution in [2.45, 2.75) is 25.9 Å². The Morgan fingerprint density at radius 1 is 1.90 bits per heavy atom. The molecule has 0 radical (unpaired) electrons. The minimum atomic E-state index is -0.708. The quantitative estimate of drug-likeness (QED) is 0.596. The highest BCUT2D eigenvalue weighted by Gasteiger charge is 2.23. The molecule has 2 unspecified atom stereocenters. The summed E-state index contributed by atoms with van der Waals surface area (Å²) in [6.07, 6.45) is 2.00.